The Kier molecular flexibility index (Phi) is 1.91. The van der Waals surface area contributed by atoms with E-state index >= 15 is 0 Å². The van der Waals surface area contributed by atoms with Crippen LogP contribution in [-0.2, 0) is 0 Å². The summed E-state index contributed by atoms with van der Waals surface area (Å²) in [6.45, 7) is 9.78. The Morgan fingerprint density at radius 3 is 2.53 bits per heavy atom. The molecule has 0 spiro atoms. The van der Waals surface area contributed by atoms with Crippen molar-refractivity contribution < 1.29 is 0 Å². The quantitative estimate of drug-likeness (QED) is 0.635. The van der Waals surface area contributed by atoms with Gasteiger partial charge < -0.3 is 0 Å². The molecule has 3 rings (SSSR count). The van der Waals surface area contributed by atoms with Crippen LogP contribution in [0.5, 0.6) is 0 Å². The van der Waals surface area contributed by atoms with E-state index in [-0.39, 0.29) is 0 Å². The summed E-state index contributed by atoms with van der Waals surface area (Å²) in [5.41, 5.74) is 1.64. The van der Waals surface area contributed by atoms with Crippen molar-refractivity contribution in [2.24, 2.45) is 34.5 Å². The highest BCUT2D eigenvalue weighted by Gasteiger charge is 2.85. The molecule has 0 amide bonds. The van der Waals surface area contributed by atoms with Crippen LogP contribution in [0.1, 0.15) is 59.8 Å². The Morgan fingerprint density at radius 2 is 2.00 bits per heavy atom. The zero-order valence-corrected chi connectivity index (χ0v) is 10.8. The van der Waals surface area contributed by atoms with Crippen molar-refractivity contribution in [1.82, 2.24) is 0 Å². The van der Waals surface area contributed by atoms with Crippen LogP contribution in [0.2, 0.25) is 0 Å². The Hall–Kier alpha value is 0. The normalized spacial score (nSPS) is 55.4. The average Bonchev–Trinajstić information content (AvgIpc) is 3.02. The highest BCUT2D eigenvalue weighted by molar-refractivity contribution is 5.33. The van der Waals surface area contributed by atoms with E-state index in [2.05, 4.69) is 27.7 Å². The molecular weight excluding hydrogens is 180 g/mol. The lowest BCUT2D eigenvalue weighted by atomic mass is 9.86. The topological polar surface area (TPSA) is 0 Å². The molecule has 0 heterocycles. The molecule has 0 saturated heterocycles. The average molecular weight is 206 g/mol. The van der Waals surface area contributed by atoms with Crippen LogP contribution < -0.4 is 0 Å². The molecule has 5 unspecified atom stereocenters. The minimum atomic E-state index is 0.818. The molecule has 0 N–H and O–H groups in total. The highest BCUT2D eigenvalue weighted by atomic mass is 14.9. The maximum absolute atomic E-state index is 2.47. The molecule has 0 aromatic carbocycles. The maximum Gasteiger partial charge on any atom is -0.0173 e. The maximum atomic E-state index is 2.47. The number of hydrogen-bond donors (Lipinski definition) is 0. The minimum absolute atomic E-state index is 0.818. The zero-order valence-electron chi connectivity index (χ0n) is 10.8. The fourth-order valence-electron chi connectivity index (χ4n) is 6.22. The molecule has 0 aromatic rings. The van der Waals surface area contributed by atoms with Crippen molar-refractivity contribution in [2.45, 2.75) is 59.8 Å². The molecule has 0 radical (unpaired) electrons. The minimum Gasteiger partial charge on any atom is -0.0654 e. The van der Waals surface area contributed by atoms with E-state index in [4.69, 9.17) is 0 Å². The zero-order chi connectivity index (χ0) is 10.8. The van der Waals surface area contributed by atoms with Gasteiger partial charge in [0, 0.05) is 0 Å². The lowest BCUT2D eigenvalue weighted by Gasteiger charge is -2.19. The third-order valence-electron chi connectivity index (χ3n) is 6.15. The van der Waals surface area contributed by atoms with Gasteiger partial charge in [0.2, 0.25) is 0 Å². The van der Waals surface area contributed by atoms with E-state index in [0.29, 0.717) is 0 Å². The van der Waals surface area contributed by atoms with Crippen LogP contribution in [0.3, 0.4) is 0 Å². The lowest BCUT2D eigenvalue weighted by Crippen LogP contribution is -2.10. The number of hydrogen-bond acceptors (Lipinski definition) is 0. The van der Waals surface area contributed by atoms with Crippen molar-refractivity contribution in [3.63, 3.8) is 0 Å². The fourth-order valence-corrected chi connectivity index (χ4v) is 6.22. The fraction of sp³-hybridized carbons (Fsp3) is 1.00. The van der Waals surface area contributed by atoms with Gasteiger partial charge in [0.15, 0.2) is 0 Å². The van der Waals surface area contributed by atoms with Gasteiger partial charge in [0.25, 0.3) is 0 Å². The standard InChI is InChI=1S/C15H26/c1-5-7-14-9-11-8-12(11)15(14,6-2)13(14)10(3)4/h10-13H,5-9H2,1-4H3. The van der Waals surface area contributed by atoms with Gasteiger partial charge in [-0.3, -0.25) is 0 Å². The molecule has 3 aliphatic rings. The van der Waals surface area contributed by atoms with Gasteiger partial charge in [-0.15, -0.1) is 0 Å². The molecule has 86 valence electrons. The van der Waals surface area contributed by atoms with Crippen molar-refractivity contribution in [1.29, 1.82) is 0 Å². The smallest absolute Gasteiger partial charge is 0.0173 e. The first kappa shape index (κ1) is 10.2. The first-order valence-electron chi connectivity index (χ1n) is 7.14. The molecule has 15 heavy (non-hydrogen) atoms. The second kappa shape index (κ2) is 2.81. The van der Waals surface area contributed by atoms with E-state index in [9.17, 15) is 0 Å². The SMILES string of the molecule is CCCC12CC3CC3C1(CC)C2C(C)C. The summed E-state index contributed by atoms with van der Waals surface area (Å²) in [5.74, 6) is 4.32. The lowest BCUT2D eigenvalue weighted by molar-refractivity contribution is 0.306. The van der Waals surface area contributed by atoms with Gasteiger partial charge >= 0.3 is 0 Å². The molecule has 0 aromatic heterocycles. The Balaban J connectivity index is 1.92. The van der Waals surface area contributed by atoms with Crippen molar-refractivity contribution in [2.75, 3.05) is 0 Å². The summed E-state index contributed by atoms with van der Waals surface area (Å²) < 4.78 is 0. The molecule has 0 bridgehead atoms. The second-order valence-corrected chi connectivity index (χ2v) is 6.83. The third-order valence-corrected chi connectivity index (χ3v) is 6.15. The largest absolute Gasteiger partial charge is 0.0654 e. The van der Waals surface area contributed by atoms with Crippen molar-refractivity contribution in [3.8, 4) is 0 Å². The molecule has 5 atom stereocenters. The number of rotatable bonds is 4. The first-order valence-corrected chi connectivity index (χ1v) is 7.14. The van der Waals surface area contributed by atoms with E-state index in [1.165, 1.54) is 19.3 Å². The van der Waals surface area contributed by atoms with Crippen molar-refractivity contribution in [3.05, 3.63) is 0 Å². The first-order chi connectivity index (χ1) is 7.14. The van der Waals surface area contributed by atoms with Crippen LogP contribution in [0.4, 0.5) is 0 Å². The van der Waals surface area contributed by atoms with E-state index < -0.39 is 0 Å². The van der Waals surface area contributed by atoms with E-state index in [1.807, 2.05) is 0 Å². The van der Waals surface area contributed by atoms with Crippen LogP contribution in [-0.4, -0.2) is 0 Å². The monoisotopic (exact) mass is 206 g/mol. The molecule has 3 saturated carbocycles. The summed E-state index contributed by atoms with van der Waals surface area (Å²) in [4.78, 5) is 0. The van der Waals surface area contributed by atoms with E-state index in [0.717, 1.165) is 34.5 Å². The summed E-state index contributed by atoms with van der Waals surface area (Å²) >= 11 is 0. The highest BCUT2D eigenvalue weighted by Crippen LogP contribution is 2.91. The molecule has 0 aliphatic heterocycles. The van der Waals surface area contributed by atoms with Gasteiger partial charge in [-0.1, -0.05) is 34.1 Å². The Morgan fingerprint density at radius 1 is 1.27 bits per heavy atom. The predicted molar refractivity (Wildman–Crippen MR) is 64.6 cm³/mol. The van der Waals surface area contributed by atoms with E-state index in [1.54, 1.807) is 12.8 Å². The van der Waals surface area contributed by atoms with Gasteiger partial charge in [-0.25, -0.2) is 0 Å². The predicted octanol–water partition coefficient (Wildman–Crippen LogP) is 4.49. The van der Waals surface area contributed by atoms with Crippen LogP contribution in [0.15, 0.2) is 0 Å². The van der Waals surface area contributed by atoms with Crippen LogP contribution in [0, 0.1) is 34.5 Å². The molecule has 3 fully saturated rings. The molecule has 0 nitrogen and oxygen atoms in total. The molecular formula is C15H26. The Bertz CT molecular complexity index is 280. The van der Waals surface area contributed by atoms with Gasteiger partial charge in [0.05, 0.1) is 0 Å². The second-order valence-electron chi connectivity index (χ2n) is 6.83. The summed E-state index contributed by atoms with van der Waals surface area (Å²) in [6.07, 6.45) is 7.59. The van der Waals surface area contributed by atoms with Crippen LogP contribution in [0.25, 0.3) is 0 Å². The third kappa shape index (κ3) is 0.913. The molecule has 0 heteroatoms. The number of fused-ring (bicyclic) bond motifs is 3. The summed E-state index contributed by atoms with van der Waals surface area (Å²) in [5, 5.41) is 0. The van der Waals surface area contributed by atoms with Crippen LogP contribution >= 0.6 is 0 Å². The Labute approximate surface area is 94.8 Å². The summed E-state index contributed by atoms with van der Waals surface area (Å²) in [6, 6.07) is 0. The van der Waals surface area contributed by atoms with Gasteiger partial charge in [-0.05, 0) is 60.2 Å². The summed E-state index contributed by atoms with van der Waals surface area (Å²) in [7, 11) is 0. The van der Waals surface area contributed by atoms with Gasteiger partial charge in [-0.2, -0.15) is 0 Å². The van der Waals surface area contributed by atoms with Crippen molar-refractivity contribution >= 4 is 0 Å². The molecule has 3 aliphatic carbocycles. The van der Waals surface area contributed by atoms with Gasteiger partial charge in [0.1, 0.15) is 0 Å².